The zero-order valence-electron chi connectivity index (χ0n) is 9.08. The Bertz CT molecular complexity index is 440. The maximum absolute atomic E-state index is 2.10. The Morgan fingerprint density at radius 2 is 0.875 bits per heavy atom. The molecule has 0 fully saturated rings. The SMILES string of the molecule is C1=CC=CC(=C/C=C/C=C2C=CC=C2)C=C1. The zero-order valence-corrected chi connectivity index (χ0v) is 9.08. The average Bonchev–Trinajstić information content (AvgIpc) is 2.68. The van der Waals surface area contributed by atoms with Gasteiger partial charge in [-0.25, -0.2) is 0 Å². The average molecular weight is 206 g/mol. The lowest BCUT2D eigenvalue weighted by atomic mass is 10.2. The largest absolute Gasteiger partial charge is 0.0622 e. The normalized spacial score (nSPS) is 17.5. The van der Waals surface area contributed by atoms with Gasteiger partial charge in [0, 0.05) is 0 Å². The summed E-state index contributed by atoms with van der Waals surface area (Å²) in [6.45, 7) is 0. The van der Waals surface area contributed by atoms with E-state index in [1.807, 2.05) is 36.5 Å². The highest BCUT2D eigenvalue weighted by Gasteiger charge is 1.87. The van der Waals surface area contributed by atoms with Gasteiger partial charge >= 0.3 is 0 Å². The molecular weight excluding hydrogens is 192 g/mol. The number of hydrogen-bond donors (Lipinski definition) is 0. The highest BCUT2D eigenvalue weighted by atomic mass is 13.9. The van der Waals surface area contributed by atoms with Crippen LogP contribution >= 0.6 is 0 Å². The molecule has 0 radical (unpaired) electrons. The molecule has 0 aromatic carbocycles. The molecule has 0 atom stereocenters. The van der Waals surface area contributed by atoms with Crippen molar-refractivity contribution in [3.63, 3.8) is 0 Å². The molecule has 2 aliphatic carbocycles. The first kappa shape index (κ1) is 10.4. The first-order chi connectivity index (χ1) is 7.95. The Hall–Kier alpha value is -2.08. The molecule has 0 heteroatoms. The van der Waals surface area contributed by atoms with E-state index in [1.54, 1.807) is 0 Å². The predicted octanol–water partition coefficient (Wildman–Crippen LogP) is 4.20. The molecule has 0 heterocycles. The Kier molecular flexibility index (Phi) is 3.73. The van der Waals surface area contributed by atoms with Gasteiger partial charge in [0.1, 0.15) is 0 Å². The van der Waals surface area contributed by atoms with Crippen molar-refractivity contribution >= 4 is 0 Å². The van der Waals surface area contributed by atoms with Gasteiger partial charge < -0.3 is 0 Å². The summed E-state index contributed by atoms with van der Waals surface area (Å²) in [7, 11) is 0. The second kappa shape index (κ2) is 5.72. The van der Waals surface area contributed by atoms with Gasteiger partial charge in [-0.05, 0) is 11.1 Å². The lowest BCUT2D eigenvalue weighted by Crippen LogP contribution is -1.68. The highest BCUT2D eigenvalue weighted by molar-refractivity contribution is 5.43. The third-order valence-corrected chi connectivity index (χ3v) is 2.29. The molecule has 78 valence electrons. The van der Waals surface area contributed by atoms with Gasteiger partial charge in [-0.1, -0.05) is 85.1 Å². The lowest BCUT2D eigenvalue weighted by molar-refractivity contribution is 1.68. The maximum Gasteiger partial charge on any atom is -0.0257 e. The predicted molar refractivity (Wildman–Crippen MR) is 71.0 cm³/mol. The van der Waals surface area contributed by atoms with E-state index in [9.17, 15) is 0 Å². The van der Waals surface area contributed by atoms with Crippen molar-refractivity contribution in [2.45, 2.75) is 0 Å². The molecule has 0 saturated carbocycles. The summed E-state index contributed by atoms with van der Waals surface area (Å²) in [5.74, 6) is 0. The van der Waals surface area contributed by atoms with E-state index in [0.717, 1.165) is 0 Å². The minimum Gasteiger partial charge on any atom is -0.0622 e. The van der Waals surface area contributed by atoms with Crippen LogP contribution in [-0.4, -0.2) is 0 Å². The van der Waals surface area contributed by atoms with Crippen LogP contribution in [0, 0.1) is 0 Å². The lowest BCUT2D eigenvalue weighted by Gasteiger charge is -1.88. The van der Waals surface area contributed by atoms with Gasteiger partial charge in [0.2, 0.25) is 0 Å². The second-order valence-corrected chi connectivity index (χ2v) is 3.54. The van der Waals surface area contributed by atoms with E-state index in [1.165, 1.54) is 11.1 Å². The van der Waals surface area contributed by atoms with Crippen LogP contribution in [0.5, 0.6) is 0 Å². The Morgan fingerprint density at radius 3 is 1.31 bits per heavy atom. The van der Waals surface area contributed by atoms with Crippen molar-refractivity contribution in [1.82, 2.24) is 0 Å². The van der Waals surface area contributed by atoms with Gasteiger partial charge in [0.25, 0.3) is 0 Å². The van der Waals surface area contributed by atoms with Crippen molar-refractivity contribution in [3.05, 3.63) is 96.2 Å². The van der Waals surface area contributed by atoms with Crippen molar-refractivity contribution in [1.29, 1.82) is 0 Å². The van der Waals surface area contributed by atoms with Crippen LogP contribution in [-0.2, 0) is 0 Å². The second-order valence-electron chi connectivity index (χ2n) is 3.54. The van der Waals surface area contributed by atoms with Crippen molar-refractivity contribution in [3.8, 4) is 0 Å². The van der Waals surface area contributed by atoms with Crippen molar-refractivity contribution < 1.29 is 0 Å². The molecular formula is C16H14. The van der Waals surface area contributed by atoms with Crippen LogP contribution in [0.15, 0.2) is 96.2 Å². The number of allylic oxidation sites excluding steroid dienone is 16. The summed E-state index contributed by atoms with van der Waals surface area (Å²) >= 11 is 0. The fourth-order valence-corrected chi connectivity index (χ4v) is 1.46. The molecule has 2 rings (SSSR count). The first-order valence-electron chi connectivity index (χ1n) is 5.40. The van der Waals surface area contributed by atoms with Crippen LogP contribution in [0.4, 0.5) is 0 Å². The molecule has 0 unspecified atom stereocenters. The Balaban J connectivity index is 1.98. The molecule has 0 aliphatic heterocycles. The van der Waals surface area contributed by atoms with E-state index in [2.05, 4.69) is 48.6 Å². The van der Waals surface area contributed by atoms with Crippen LogP contribution in [0.25, 0.3) is 0 Å². The fraction of sp³-hybridized carbons (Fsp3) is 0. The van der Waals surface area contributed by atoms with E-state index in [-0.39, 0.29) is 0 Å². The molecule has 0 spiro atoms. The molecule has 2 aliphatic rings. The summed E-state index contributed by atoms with van der Waals surface area (Å²) < 4.78 is 0. The van der Waals surface area contributed by atoms with E-state index in [0.29, 0.717) is 0 Å². The summed E-state index contributed by atoms with van der Waals surface area (Å²) in [5, 5.41) is 0. The monoisotopic (exact) mass is 206 g/mol. The summed E-state index contributed by atoms with van der Waals surface area (Å²) in [6.07, 6.45) is 28.9. The third kappa shape index (κ3) is 3.25. The highest BCUT2D eigenvalue weighted by Crippen LogP contribution is 2.07. The molecule has 0 aromatic rings. The number of rotatable bonds is 2. The number of hydrogen-bond acceptors (Lipinski definition) is 0. The molecule has 0 amide bonds. The minimum atomic E-state index is 1.21. The first-order valence-corrected chi connectivity index (χ1v) is 5.40. The van der Waals surface area contributed by atoms with Crippen molar-refractivity contribution in [2.24, 2.45) is 0 Å². The topological polar surface area (TPSA) is 0 Å². The van der Waals surface area contributed by atoms with E-state index < -0.39 is 0 Å². The van der Waals surface area contributed by atoms with Gasteiger partial charge in [-0.15, -0.1) is 0 Å². The fourth-order valence-electron chi connectivity index (χ4n) is 1.46. The van der Waals surface area contributed by atoms with Crippen LogP contribution in [0.3, 0.4) is 0 Å². The zero-order chi connectivity index (χ0) is 11.1. The smallest absolute Gasteiger partial charge is 0.0257 e. The molecule has 0 nitrogen and oxygen atoms in total. The van der Waals surface area contributed by atoms with Gasteiger partial charge in [0.15, 0.2) is 0 Å². The molecule has 0 bridgehead atoms. The van der Waals surface area contributed by atoms with E-state index in [4.69, 9.17) is 0 Å². The maximum atomic E-state index is 2.10. The summed E-state index contributed by atoms with van der Waals surface area (Å²) in [6, 6.07) is 0. The van der Waals surface area contributed by atoms with Crippen LogP contribution < -0.4 is 0 Å². The van der Waals surface area contributed by atoms with Crippen LogP contribution in [0.1, 0.15) is 0 Å². The molecule has 0 N–H and O–H groups in total. The quantitative estimate of drug-likeness (QED) is 0.635. The Labute approximate surface area is 96.7 Å². The third-order valence-electron chi connectivity index (χ3n) is 2.29. The standard InChI is InChI=1S/C16H14/c1-2-4-10-15(9-3-1)11-5-6-12-16-13-7-8-14-16/h1-14H/b6-5+. The molecule has 0 aromatic heterocycles. The van der Waals surface area contributed by atoms with Crippen LogP contribution in [0.2, 0.25) is 0 Å². The molecule has 16 heavy (non-hydrogen) atoms. The van der Waals surface area contributed by atoms with Crippen molar-refractivity contribution in [2.75, 3.05) is 0 Å². The molecule has 0 saturated heterocycles. The van der Waals surface area contributed by atoms with Gasteiger partial charge in [-0.2, -0.15) is 0 Å². The van der Waals surface area contributed by atoms with E-state index >= 15 is 0 Å². The summed E-state index contributed by atoms with van der Waals surface area (Å²) in [4.78, 5) is 0. The van der Waals surface area contributed by atoms with Gasteiger partial charge in [-0.3, -0.25) is 0 Å². The van der Waals surface area contributed by atoms with Gasteiger partial charge in [0.05, 0.1) is 0 Å². The Morgan fingerprint density at radius 1 is 0.500 bits per heavy atom. The summed E-state index contributed by atoms with van der Waals surface area (Å²) in [5.41, 5.74) is 2.44. The minimum absolute atomic E-state index is 1.21.